The van der Waals surface area contributed by atoms with Crippen molar-refractivity contribution >= 4 is 47.2 Å². The van der Waals surface area contributed by atoms with Gasteiger partial charge in [0.25, 0.3) is 0 Å². The minimum atomic E-state index is 0. The minimum absolute atomic E-state index is 0. The predicted octanol–water partition coefficient (Wildman–Crippen LogP) is -0.323. The molecule has 0 aromatic heterocycles. The van der Waals surface area contributed by atoms with E-state index in [9.17, 15) is 0 Å². The van der Waals surface area contributed by atoms with Crippen molar-refractivity contribution < 1.29 is 0 Å². The standard InChI is InChI=1S/Li.H3PSSi.H/c;1-3-2;/h;3H,1H2;. The second kappa shape index (κ2) is 8.82. The summed E-state index contributed by atoms with van der Waals surface area (Å²) in [7, 11) is 2.73. The predicted molar refractivity (Wildman–Crippen MR) is 31.6 cm³/mol. The van der Waals surface area contributed by atoms with E-state index in [4.69, 9.17) is 0 Å². The molecule has 1 unspecified atom stereocenters. The van der Waals surface area contributed by atoms with Gasteiger partial charge in [0.05, 0.1) is 0 Å². The summed E-state index contributed by atoms with van der Waals surface area (Å²) in [4.78, 5) is 0. The Morgan fingerprint density at radius 3 is 1.75 bits per heavy atom. The fourth-order valence-electron chi connectivity index (χ4n) is 0. The van der Waals surface area contributed by atoms with E-state index in [-0.39, 0.29) is 26.8 Å². The molecule has 0 amide bonds. The third-order valence-electron chi connectivity index (χ3n) is 0. The molecule has 4 heteroatoms. The Bertz CT molecular complexity index is 15.5. The van der Waals surface area contributed by atoms with Crippen LogP contribution in [0.15, 0.2) is 0 Å². The number of hydrogen-bond donors (Lipinski definition) is 0. The van der Waals surface area contributed by atoms with Crippen LogP contribution >= 0.6 is 20.4 Å². The summed E-state index contributed by atoms with van der Waals surface area (Å²) in [5.41, 5.74) is 0. The van der Waals surface area contributed by atoms with Gasteiger partial charge in [-0.2, -0.15) is 0 Å². The van der Waals surface area contributed by atoms with Crippen LogP contribution in [0, 0.1) is 0 Å². The summed E-state index contributed by atoms with van der Waals surface area (Å²) in [6.07, 6.45) is 0. The summed E-state index contributed by atoms with van der Waals surface area (Å²) >= 11 is 4.44. The van der Waals surface area contributed by atoms with Crippen LogP contribution in [0.25, 0.3) is 0 Å². The van der Waals surface area contributed by atoms with Crippen LogP contribution in [0.1, 0.15) is 0 Å². The van der Waals surface area contributed by atoms with Gasteiger partial charge in [-0.05, 0) is 0 Å². The first kappa shape index (κ1) is 9.07. The van der Waals surface area contributed by atoms with E-state index in [2.05, 4.69) is 20.4 Å². The molecule has 0 rings (SSSR count). The third-order valence-corrected chi connectivity index (χ3v) is 0. The van der Waals surface area contributed by atoms with Crippen molar-refractivity contribution in [2.45, 2.75) is 0 Å². The van der Waals surface area contributed by atoms with E-state index >= 15 is 0 Å². The average Bonchev–Trinajstić information content (AvgIpc) is 0.918. The molecule has 0 nitrogen and oxygen atoms in total. The molecule has 0 saturated carbocycles. The van der Waals surface area contributed by atoms with Crippen LogP contribution in [-0.4, -0.2) is 26.8 Å². The maximum atomic E-state index is 4.44. The van der Waals surface area contributed by atoms with Crippen molar-refractivity contribution in [3.8, 4) is 0 Å². The molecule has 0 radical (unpaired) electrons. The van der Waals surface area contributed by atoms with Crippen LogP contribution in [0.3, 0.4) is 0 Å². The zero-order valence-corrected chi connectivity index (χ0v) is 4.69. The van der Waals surface area contributed by atoms with E-state index in [0.717, 1.165) is 0 Å². The van der Waals surface area contributed by atoms with Gasteiger partial charge in [-0.1, -0.05) is 0 Å². The fraction of sp³-hybridized carbons (Fsp3) is 0. The SMILES string of the molecule is P[SiH]=S.[LiH]. The summed E-state index contributed by atoms with van der Waals surface area (Å²) in [6.45, 7) is 0. The summed E-state index contributed by atoms with van der Waals surface area (Å²) in [6, 6.07) is 0. The van der Waals surface area contributed by atoms with Crippen molar-refractivity contribution in [2.75, 3.05) is 0 Å². The Hall–Kier alpha value is 1.46. The molecule has 1 atom stereocenters. The van der Waals surface area contributed by atoms with Crippen LogP contribution in [0.4, 0.5) is 0 Å². The van der Waals surface area contributed by atoms with Crippen molar-refractivity contribution in [3.05, 3.63) is 0 Å². The molecular formula is H4LiPSSi. The van der Waals surface area contributed by atoms with Crippen LogP contribution in [0.5, 0.6) is 0 Å². The Morgan fingerprint density at radius 2 is 1.75 bits per heavy atom. The molecule has 0 aromatic carbocycles. The van der Waals surface area contributed by atoms with Gasteiger partial charge in [-0.3, -0.25) is 0 Å². The Morgan fingerprint density at radius 1 is 1.75 bits per heavy atom. The fourth-order valence-corrected chi connectivity index (χ4v) is 0. The maximum absolute atomic E-state index is 4.44. The third kappa shape index (κ3) is 9.81. The molecule has 0 bridgehead atoms. The van der Waals surface area contributed by atoms with Crippen molar-refractivity contribution in [1.82, 2.24) is 0 Å². The topological polar surface area (TPSA) is 0 Å². The van der Waals surface area contributed by atoms with Crippen molar-refractivity contribution in [1.29, 1.82) is 0 Å². The molecule has 0 aliphatic rings. The molecule has 0 saturated heterocycles. The van der Waals surface area contributed by atoms with E-state index in [1.165, 1.54) is 0 Å². The monoisotopic (exact) mass is 102 g/mol. The summed E-state index contributed by atoms with van der Waals surface area (Å²) in [5, 5.41) is 0. The summed E-state index contributed by atoms with van der Waals surface area (Å²) < 4.78 is 0. The van der Waals surface area contributed by atoms with E-state index in [1.54, 1.807) is 0 Å². The van der Waals surface area contributed by atoms with Crippen LogP contribution < -0.4 is 0 Å². The van der Waals surface area contributed by atoms with Crippen LogP contribution in [0.2, 0.25) is 0 Å². The van der Waals surface area contributed by atoms with Crippen LogP contribution in [-0.2, 0) is 0 Å². The van der Waals surface area contributed by atoms with E-state index in [0.29, 0.717) is 0 Å². The molecule has 20 valence electrons. The molecule has 0 N–H and O–H groups in total. The van der Waals surface area contributed by atoms with Gasteiger partial charge in [-0.15, -0.1) is 20.4 Å². The van der Waals surface area contributed by atoms with Crippen molar-refractivity contribution in [3.63, 3.8) is 0 Å². The molecule has 0 heterocycles. The first-order valence-electron chi connectivity index (χ1n) is 0.569. The van der Waals surface area contributed by atoms with Gasteiger partial charge in [-0.25, -0.2) is 0 Å². The summed E-state index contributed by atoms with van der Waals surface area (Å²) in [5.74, 6) is 0. The average molecular weight is 102 g/mol. The van der Waals surface area contributed by atoms with Gasteiger partial charge in [0.1, 0.15) is 7.89 Å². The van der Waals surface area contributed by atoms with E-state index < -0.39 is 0 Å². The van der Waals surface area contributed by atoms with E-state index in [1.807, 2.05) is 0 Å². The van der Waals surface area contributed by atoms with Crippen molar-refractivity contribution in [2.24, 2.45) is 0 Å². The number of hydrogen-bond acceptors (Lipinski definition) is 1. The Balaban J connectivity index is 0. The molecule has 0 spiro atoms. The molecule has 0 aliphatic heterocycles. The van der Waals surface area contributed by atoms with Gasteiger partial charge >= 0.3 is 18.9 Å². The molecular weight excluding hydrogens is 98.1 g/mol. The van der Waals surface area contributed by atoms with Gasteiger partial charge < -0.3 is 0 Å². The zero-order valence-electron chi connectivity index (χ0n) is 1.56. The Labute approximate surface area is 47.3 Å². The normalized spacial score (nSPS) is 3.25. The molecule has 4 heavy (non-hydrogen) atoms. The van der Waals surface area contributed by atoms with Gasteiger partial charge in [0.15, 0.2) is 0 Å². The number of rotatable bonds is 0. The second-order valence-corrected chi connectivity index (χ2v) is 3.67. The first-order chi connectivity index (χ1) is 1.41. The quantitative estimate of drug-likeness (QED) is 0.298. The van der Waals surface area contributed by atoms with Gasteiger partial charge in [0.2, 0.25) is 0 Å². The molecule has 0 aromatic rings. The molecule has 0 aliphatic carbocycles. The second-order valence-electron chi connectivity index (χ2n) is 0.136. The molecule has 0 fully saturated rings. The van der Waals surface area contributed by atoms with Gasteiger partial charge in [0, 0.05) is 0 Å². The zero-order chi connectivity index (χ0) is 2.71. The Kier molecular flexibility index (Phi) is 20.0. The first-order valence-corrected chi connectivity index (χ1v) is 5.12.